The Morgan fingerprint density at radius 1 is 0.846 bits per heavy atom. The average Bonchev–Trinajstić information content (AvgIpc) is 2.21. The fourth-order valence-electron chi connectivity index (χ4n) is 1.38. The number of rotatable bonds is 1. The molecule has 0 saturated heterocycles. The van der Waals surface area contributed by atoms with Crippen molar-refractivity contribution in [2.45, 2.75) is 12.8 Å². The van der Waals surface area contributed by atoms with Crippen LogP contribution in [0.25, 0.3) is 0 Å². The summed E-state index contributed by atoms with van der Waals surface area (Å²) >= 11 is 0. The van der Waals surface area contributed by atoms with Gasteiger partial charge in [0.05, 0.1) is 0 Å². The summed E-state index contributed by atoms with van der Waals surface area (Å²) in [5.41, 5.74) is 0. The smallest absolute Gasteiger partial charge is 0.164 e. The number of nitrogens with zero attached hydrogens (tertiary/aromatic N) is 2. The molecule has 2 rings (SSSR count). The van der Waals surface area contributed by atoms with Crippen LogP contribution in [0, 0.1) is 0 Å². The largest absolute Gasteiger partial charge is 0.367 e. The van der Waals surface area contributed by atoms with Crippen LogP contribution in [-0.4, -0.2) is 37.9 Å². The highest BCUT2D eigenvalue weighted by atomic mass is 35.5. The third-order valence-corrected chi connectivity index (χ3v) is 2.02. The zero-order valence-corrected chi connectivity index (χ0v) is 8.36. The van der Waals surface area contributed by atoms with Gasteiger partial charge in [0.1, 0.15) is 0 Å². The van der Waals surface area contributed by atoms with Crippen LogP contribution in [0.5, 0.6) is 0 Å². The molecule has 2 N–H and O–H groups in total. The SMILES string of the molecule is C1CN=C(C2=NCCCN2)NC1.Cl. The zero-order valence-electron chi connectivity index (χ0n) is 7.55. The lowest BCUT2D eigenvalue weighted by atomic mass is 10.3. The Kier molecular flexibility index (Phi) is 4.02. The summed E-state index contributed by atoms with van der Waals surface area (Å²) in [6.07, 6.45) is 2.27. The second kappa shape index (κ2) is 5.07. The van der Waals surface area contributed by atoms with Crippen LogP contribution in [0.2, 0.25) is 0 Å². The Balaban J connectivity index is 0.000000845. The first-order valence-corrected chi connectivity index (χ1v) is 4.54. The van der Waals surface area contributed by atoms with Gasteiger partial charge in [-0.25, -0.2) is 0 Å². The molecule has 0 radical (unpaired) electrons. The second-order valence-corrected chi connectivity index (χ2v) is 3.02. The molecule has 0 aromatic heterocycles. The van der Waals surface area contributed by atoms with Gasteiger partial charge in [-0.05, 0) is 12.8 Å². The highest BCUT2D eigenvalue weighted by Crippen LogP contribution is 1.95. The van der Waals surface area contributed by atoms with Crippen molar-refractivity contribution in [1.29, 1.82) is 0 Å². The van der Waals surface area contributed by atoms with Crippen molar-refractivity contribution < 1.29 is 0 Å². The van der Waals surface area contributed by atoms with Crippen LogP contribution in [-0.2, 0) is 0 Å². The molecule has 0 amide bonds. The average molecular weight is 203 g/mol. The van der Waals surface area contributed by atoms with Gasteiger partial charge in [-0.3, -0.25) is 9.98 Å². The van der Waals surface area contributed by atoms with Crippen molar-refractivity contribution in [2.75, 3.05) is 26.2 Å². The number of nitrogens with one attached hydrogen (secondary N) is 2. The first-order chi connectivity index (χ1) is 5.97. The maximum atomic E-state index is 4.37. The minimum atomic E-state index is 0. The van der Waals surface area contributed by atoms with Gasteiger partial charge in [0.15, 0.2) is 11.7 Å². The van der Waals surface area contributed by atoms with Crippen LogP contribution in [0.15, 0.2) is 9.98 Å². The minimum Gasteiger partial charge on any atom is -0.367 e. The van der Waals surface area contributed by atoms with Crippen molar-refractivity contribution >= 4 is 24.1 Å². The highest BCUT2D eigenvalue weighted by molar-refractivity contribution is 6.40. The van der Waals surface area contributed by atoms with Gasteiger partial charge in [0.25, 0.3) is 0 Å². The molecule has 0 aromatic rings. The number of hydrogen-bond donors (Lipinski definition) is 2. The third kappa shape index (κ3) is 2.59. The van der Waals surface area contributed by atoms with E-state index in [1.165, 1.54) is 0 Å². The van der Waals surface area contributed by atoms with Gasteiger partial charge in [0, 0.05) is 26.2 Å². The summed E-state index contributed by atoms with van der Waals surface area (Å²) in [6, 6.07) is 0. The molecule has 13 heavy (non-hydrogen) atoms. The predicted octanol–water partition coefficient (Wildman–Crippen LogP) is 0.192. The molecule has 0 atom stereocenters. The van der Waals surface area contributed by atoms with Crippen LogP contribution < -0.4 is 10.6 Å². The molecular formula is C8H15ClN4. The summed E-state index contributed by atoms with van der Waals surface area (Å²) in [4.78, 5) is 8.73. The molecular weight excluding hydrogens is 188 g/mol. The van der Waals surface area contributed by atoms with Gasteiger partial charge in [-0.15, -0.1) is 12.4 Å². The second-order valence-electron chi connectivity index (χ2n) is 3.02. The van der Waals surface area contributed by atoms with Crippen molar-refractivity contribution in [2.24, 2.45) is 9.98 Å². The van der Waals surface area contributed by atoms with E-state index < -0.39 is 0 Å². The fraction of sp³-hybridized carbons (Fsp3) is 0.750. The fourth-order valence-corrected chi connectivity index (χ4v) is 1.38. The topological polar surface area (TPSA) is 48.8 Å². The van der Waals surface area contributed by atoms with Gasteiger partial charge >= 0.3 is 0 Å². The maximum Gasteiger partial charge on any atom is 0.164 e. The lowest BCUT2D eigenvalue weighted by Crippen LogP contribution is -2.45. The third-order valence-electron chi connectivity index (χ3n) is 2.02. The number of aliphatic imine (C=N–C) groups is 2. The molecule has 74 valence electrons. The van der Waals surface area contributed by atoms with E-state index in [-0.39, 0.29) is 12.4 Å². The Morgan fingerprint density at radius 3 is 1.62 bits per heavy atom. The van der Waals surface area contributed by atoms with Crippen molar-refractivity contribution in [3.8, 4) is 0 Å². The number of amidine groups is 2. The Morgan fingerprint density at radius 2 is 1.31 bits per heavy atom. The van der Waals surface area contributed by atoms with E-state index in [4.69, 9.17) is 0 Å². The summed E-state index contributed by atoms with van der Waals surface area (Å²) in [6.45, 7) is 3.92. The predicted molar refractivity (Wildman–Crippen MR) is 57.1 cm³/mol. The summed E-state index contributed by atoms with van der Waals surface area (Å²) in [5, 5.41) is 6.49. The number of hydrogen-bond acceptors (Lipinski definition) is 4. The monoisotopic (exact) mass is 202 g/mol. The van der Waals surface area contributed by atoms with Gasteiger partial charge < -0.3 is 10.6 Å². The maximum absolute atomic E-state index is 4.37. The Labute approximate surface area is 84.3 Å². The van der Waals surface area contributed by atoms with Gasteiger partial charge in [-0.1, -0.05) is 0 Å². The van der Waals surface area contributed by atoms with E-state index in [0.717, 1.165) is 50.7 Å². The van der Waals surface area contributed by atoms with E-state index in [1.807, 2.05) is 0 Å². The molecule has 2 aliphatic rings. The summed E-state index contributed by atoms with van der Waals surface area (Å²) < 4.78 is 0. The molecule has 0 aromatic carbocycles. The van der Waals surface area contributed by atoms with Crippen molar-refractivity contribution in [3.05, 3.63) is 0 Å². The lowest BCUT2D eigenvalue weighted by Gasteiger charge is -2.19. The summed E-state index contributed by atoms with van der Waals surface area (Å²) in [7, 11) is 0. The molecule has 0 aliphatic carbocycles. The highest BCUT2D eigenvalue weighted by Gasteiger charge is 2.12. The van der Waals surface area contributed by atoms with Crippen LogP contribution in [0.4, 0.5) is 0 Å². The minimum absolute atomic E-state index is 0. The van der Waals surface area contributed by atoms with Crippen molar-refractivity contribution in [3.63, 3.8) is 0 Å². The Bertz CT molecular complexity index is 200. The molecule has 0 fully saturated rings. The molecule has 4 nitrogen and oxygen atoms in total. The van der Waals surface area contributed by atoms with E-state index in [0.29, 0.717) is 0 Å². The molecule has 5 heteroatoms. The van der Waals surface area contributed by atoms with Gasteiger partial charge in [0.2, 0.25) is 0 Å². The van der Waals surface area contributed by atoms with Crippen LogP contribution in [0.3, 0.4) is 0 Å². The van der Waals surface area contributed by atoms with E-state index >= 15 is 0 Å². The van der Waals surface area contributed by atoms with E-state index in [1.54, 1.807) is 0 Å². The molecule has 0 bridgehead atoms. The Hall–Kier alpha value is -0.770. The quantitative estimate of drug-likeness (QED) is 0.638. The molecule has 2 aliphatic heterocycles. The van der Waals surface area contributed by atoms with Crippen LogP contribution >= 0.6 is 12.4 Å². The lowest BCUT2D eigenvalue weighted by molar-refractivity contribution is 0.721. The van der Waals surface area contributed by atoms with E-state index in [2.05, 4.69) is 20.6 Å². The first kappa shape index (κ1) is 10.3. The van der Waals surface area contributed by atoms with Crippen molar-refractivity contribution in [1.82, 2.24) is 10.6 Å². The zero-order chi connectivity index (χ0) is 8.23. The summed E-state index contributed by atoms with van der Waals surface area (Å²) in [5.74, 6) is 1.92. The first-order valence-electron chi connectivity index (χ1n) is 4.54. The molecule has 0 unspecified atom stereocenters. The molecule has 0 spiro atoms. The standard InChI is InChI=1S/C8H14N4.ClH/c1-3-9-7(10-4-1)8-11-5-2-6-12-8;/h1-6H2,(H,9,10)(H,11,12);1H. The van der Waals surface area contributed by atoms with Gasteiger partial charge in [-0.2, -0.15) is 0 Å². The molecule has 0 saturated carbocycles. The molecule has 2 heterocycles. The number of halogens is 1. The van der Waals surface area contributed by atoms with Crippen LogP contribution in [0.1, 0.15) is 12.8 Å². The van der Waals surface area contributed by atoms with E-state index in [9.17, 15) is 0 Å². The normalized spacial score (nSPS) is 21.5.